The summed E-state index contributed by atoms with van der Waals surface area (Å²) in [6.45, 7) is 14.3. The Balaban J connectivity index is 0. The van der Waals surface area contributed by atoms with Crippen molar-refractivity contribution in [1.82, 2.24) is 0 Å². The van der Waals surface area contributed by atoms with Crippen molar-refractivity contribution in [3.63, 3.8) is 0 Å². The normalized spacial score (nSPS) is 11.7. The van der Waals surface area contributed by atoms with Gasteiger partial charge in [-0.15, -0.1) is 0 Å². The zero-order valence-corrected chi connectivity index (χ0v) is 11.0. The summed E-state index contributed by atoms with van der Waals surface area (Å²) < 4.78 is 1.30. The summed E-state index contributed by atoms with van der Waals surface area (Å²) in [5, 5.41) is 0. The van der Waals surface area contributed by atoms with E-state index in [1.165, 1.54) is 49.9 Å². The van der Waals surface area contributed by atoms with Crippen LogP contribution in [0.5, 0.6) is 0 Å². The van der Waals surface area contributed by atoms with Gasteiger partial charge in [0, 0.05) is 0 Å². The molecule has 0 amide bonds. The van der Waals surface area contributed by atoms with Gasteiger partial charge in [-0.1, -0.05) is 26.8 Å². The van der Waals surface area contributed by atoms with Crippen molar-refractivity contribution < 1.29 is 9.96 Å². The lowest BCUT2D eigenvalue weighted by Crippen LogP contribution is -2.49. The molecule has 0 aromatic carbocycles. The summed E-state index contributed by atoms with van der Waals surface area (Å²) in [6.07, 6.45) is 8.43. The second kappa shape index (κ2) is 10.2. The number of nitrogens with zero attached hydrogens (tertiary/aromatic N) is 1. The Hall–Kier alpha value is -0.340. The average molecular weight is 215 g/mol. The van der Waals surface area contributed by atoms with Crippen molar-refractivity contribution in [3.05, 3.63) is 12.2 Å². The third-order valence-corrected chi connectivity index (χ3v) is 2.82. The van der Waals surface area contributed by atoms with Gasteiger partial charge in [0.15, 0.2) is 0 Å². The molecule has 0 aliphatic heterocycles. The van der Waals surface area contributed by atoms with E-state index >= 15 is 0 Å². The van der Waals surface area contributed by atoms with Crippen LogP contribution in [0.1, 0.15) is 47.0 Å². The monoisotopic (exact) mass is 215 g/mol. The molecule has 2 heteroatoms. The number of hydrogen-bond donors (Lipinski definition) is 0. The first-order valence-corrected chi connectivity index (χ1v) is 6.21. The number of rotatable bonds is 8. The molecule has 92 valence electrons. The fourth-order valence-corrected chi connectivity index (χ4v) is 2.36. The fourth-order valence-electron chi connectivity index (χ4n) is 2.36. The zero-order valence-electron chi connectivity index (χ0n) is 11.0. The van der Waals surface area contributed by atoms with Crippen molar-refractivity contribution in [1.29, 1.82) is 0 Å². The van der Waals surface area contributed by atoms with E-state index in [-0.39, 0.29) is 5.48 Å². The minimum absolute atomic E-state index is 0. The van der Waals surface area contributed by atoms with Gasteiger partial charge in [0.25, 0.3) is 0 Å². The second-order valence-corrected chi connectivity index (χ2v) is 4.26. The molecule has 0 aliphatic carbocycles. The highest BCUT2D eigenvalue weighted by molar-refractivity contribution is 4.76. The van der Waals surface area contributed by atoms with Crippen LogP contribution in [0.25, 0.3) is 0 Å². The van der Waals surface area contributed by atoms with E-state index in [1.54, 1.807) is 0 Å². The van der Waals surface area contributed by atoms with Gasteiger partial charge >= 0.3 is 0 Å². The molecule has 0 aromatic rings. The topological polar surface area (TPSA) is 30.0 Å². The van der Waals surface area contributed by atoms with Gasteiger partial charge in [-0.05, 0) is 32.3 Å². The highest BCUT2D eigenvalue weighted by Gasteiger charge is 2.22. The Morgan fingerprint density at radius 3 is 1.53 bits per heavy atom. The predicted molar refractivity (Wildman–Crippen MR) is 67.4 cm³/mol. The molecule has 0 fully saturated rings. The third-order valence-electron chi connectivity index (χ3n) is 2.82. The van der Waals surface area contributed by atoms with Crippen molar-refractivity contribution in [2.75, 3.05) is 26.2 Å². The first kappa shape index (κ1) is 17.1. The molecule has 0 rings (SSSR count). The first-order valence-electron chi connectivity index (χ1n) is 6.21. The molecule has 15 heavy (non-hydrogen) atoms. The fraction of sp³-hybridized carbons (Fsp3) is 0.846. The lowest BCUT2D eigenvalue weighted by Gasteiger charge is -2.37. The summed E-state index contributed by atoms with van der Waals surface area (Å²) in [6, 6.07) is 0. The van der Waals surface area contributed by atoms with Gasteiger partial charge in [0.05, 0.1) is 26.2 Å². The van der Waals surface area contributed by atoms with Crippen LogP contribution in [0.15, 0.2) is 12.2 Å². The number of allylic oxidation sites excluding steroid dienone is 1. The van der Waals surface area contributed by atoms with Crippen molar-refractivity contribution >= 4 is 0 Å². The van der Waals surface area contributed by atoms with E-state index < -0.39 is 0 Å². The average Bonchev–Trinajstić information content (AvgIpc) is 2.16. The van der Waals surface area contributed by atoms with Crippen molar-refractivity contribution in [2.24, 2.45) is 0 Å². The van der Waals surface area contributed by atoms with E-state index in [1.807, 2.05) is 0 Å². The standard InChI is InChI=1S/C13H28N.H2O/c1-5-9-13-14(10-6-2,11-7-3)12-8-4;/h5,9H,6-8,10-13H2,1-4H3;1H2/q+1;/p-1/b9-5+;. The van der Waals surface area contributed by atoms with Crippen LogP contribution in [0.4, 0.5) is 0 Å². The van der Waals surface area contributed by atoms with Gasteiger partial charge < -0.3 is 9.96 Å². The Bertz CT molecular complexity index is 138. The van der Waals surface area contributed by atoms with Gasteiger partial charge in [-0.2, -0.15) is 0 Å². The van der Waals surface area contributed by atoms with Crippen LogP contribution in [0.3, 0.4) is 0 Å². The summed E-state index contributed by atoms with van der Waals surface area (Å²) in [5.74, 6) is 0. The summed E-state index contributed by atoms with van der Waals surface area (Å²) in [4.78, 5) is 0. The maximum atomic E-state index is 2.33. The number of quaternary nitrogens is 1. The van der Waals surface area contributed by atoms with Crippen LogP contribution >= 0.6 is 0 Å². The highest BCUT2D eigenvalue weighted by Crippen LogP contribution is 2.11. The molecule has 0 spiro atoms. The molecule has 0 aromatic heterocycles. The molecule has 0 aliphatic rings. The molecular weight excluding hydrogens is 186 g/mol. The molecule has 0 bridgehead atoms. The minimum atomic E-state index is 0. The summed E-state index contributed by atoms with van der Waals surface area (Å²) in [7, 11) is 0. The van der Waals surface area contributed by atoms with E-state index in [4.69, 9.17) is 0 Å². The first-order chi connectivity index (χ1) is 6.74. The van der Waals surface area contributed by atoms with Gasteiger partial charge in [-0.3, -0.25) is 0 Å². The molecule has 0 saturated heterocycles. The molecule has 0 radical (unpaired) electrons. The molecule has 0 saturated carbocycles. The number of hydrogen-bond acceptors (Lipinski definition) is 1. The minimum Gasteiger partial charge on any atom is -0.870 e. The second-order valence-electron chi connectivity index (χ2n) is 4.26. The van der Waals surface area contributed by atoms with Gasteiger partial charge in [0.1, 0.15) is 0 Å². The van der Waals surface area contributed by atoms with Crippen LogP contribution < -0.4 is 0 Å². The van der Waals surface area contributed by atoms with Gasteiger partial charge in [-0.25, -0.2) is 0 Å². The quantitative estimate of drug-likeness (QED) is 0.450. The van der Waals surface area contributed by atoms with Crippen LogP contribution in [0, 0.1) is 0 Å². The Labute approximate surface area is 95.9 Å². The highest BCUT2D eigenvalue weighted by atomic mass is 16.0. The molecular formula is C13H29NO. The smallest absolute Gasteiger partial charge is 0.0973 e. The van der Waals surface area contributed by atoms with E-state index in [0.29, 0.717) is 0 Å². The molecule has 2 nitrogen and oxygen atoms in total. The zero-order chi connectivity index (χ0) is 10.9. The van der Waals surface area contributed by atoms with Crippen molar-refractivity contribution in [3.8, 4) is 0 Å². The lowest BCUT2D eigenvalue weighted by atomic mass is 10.2. The van der Waals surface area contributed by atoms with E-state index in [0.717, 1.165) is 0 Å². The SMILES string of the molecule is C/C=C/C[N+](CCC)(CCC)CCC.[OH-]. The Kier molecular flexibility index (Phi) is 11.6. The Morgan fingerprint density at radius 1 is 0.867 bits per heavy atom. The maximum absolute atomic E-state index is 2.33. The summed E-state index contributed by atoms with van der Waals surface area (Å²) in [5.41, 5.74) is 0. The van der Waals surface area contributed by atoms with Crippen LogP contribution in [-0.4, -0.2) is 36.1 Å². The lowest BCUT2D eigenvalue weighted by molar-refractivity contribution is -0.923. The predicted octanol–water partition coefficient (Wildman–Crippen LogP) is 3.43. The molecule has 0 unspecified atom stereocenters. The van der Waals surface area contributed by atoms with Crippen molar-refractivity contribution in [2.45, 2.75) is 47.0 Å². The van der Waals surface area contributed by atoms with Crippen LogP contribution in [0.2, 0.25) is 0 Å². The third kappa shape index (κ3) is 6.69. The Morgan fingerprint density at radius 2 is 1.27 bits per heavy atom. The largest absolute Gasteiger partial charge is 0.870 e. The molecule has 1 N–H and O–H groups in total. The molecule has 0 heterocycles. The molecule has 0 atom stereocenters. The van der Waals surface area contributed by atoms with E-state index in [9.17, 15) is 0 Å². The maximum Gasteiger partial charge on any atom is 0.0973 e. The van der Waals surface area contributed by atoms with E-state index in [2.05, 4.69) is 39.8 Å². The van der Waals surface area contributed by atoms with Crippen LogP contribution in [-0.2, 0) is 0 Å². The van der Waals surface area contributed by atoms with Gasteiger partial charge in [0.2, 0.25) is 0 Å². The summed E-state index contributed by atoms with van der Waals surface area (Å²) >= 11 is 0.